The predicted molar refractivity (Wildman–Crippen MR) is 104 cm³/mol. The maximum absolute atomic E-state index is 12.4. The molecule has 0 aliphatic carbocycles. The van der Waals surface area contributed by atoms with Crippen LogP contribution in [0.4, 0.5) is 11.5 Å². The van der Waals surface area contributed by atoms with Crippen LogP contribution in [0, 0.1) is 0 Å². The van der Waals surface area contributed by atoms with E-state index in [1.807, 2.05) is 36.4 Å². The van der Waals surface area contributed by atoms with E-state index in [1.54, 1.807) is 12.1 Å². The lowest BCUT2D eigenvalue weighted by atomic mass is 10.1. The molecule has 0 unspecified atom stereocenters. The largest absolute Gasteiger partial charge is 0.347 e. The first-order valence-electron chi connectivity index (χ1n) is 8.36. The quantitative estimate of drug-likeness (QED) is 0.680. The van der Waals surface area contributed by atoms with Crippen molar-refractivity contribution in [3.63, 3.8) is 0 Å². The number of hydrogen-bond donors (Lipinski definition) is 2. The average Bonchev–Trinajstić information content (AvgIpc) is 2.68. The second-order valence-electron chi connectivity index (χ2n) is 5.70. The minimum Gasteiger partial charge on any atom is -0.347 e. The summed E-state index contributed by atoms with van der Waals surface area (Å²) in [6.45, 7) is 2.43. The maximum atomic E-state index is 12.4. The van der Waals surface area contributed by atoms with Crippen molar-refractivity contribution in [1.82, 2.24) is 15.3 Å². The molecule has 2 aromatic carbocycles. The number of hydrogen-bond acceptors (Lipinski definition) is 4. The molecular formula is C20H19ClN4O. The number of aromatic nitrogens is 2. The third kappa shape index (κ3) is 4.37. The Hall–Kier alpha value is -2.92. The first kappa shape index (κ1) is 17.9. The summed E-state index contributed by atoms with van der Waals surface area (Å²) in [5.41, 5.74) is 3.29. The third-order valence-electron chi connectivity index (χ3n) is 3.96. The third-order valence-corrected chi connectivity index (χ3v) is 4.33. The molecule has 1 amide bonds. The van der Waals surface area contributed by atoms with E-state index in [4.69, 9.17) is 11.6 Å². The van der Waals surface area contributed by atoms with Gasteiger partial charge in [-0.3, -0.25) is 4.79 Å². The van der Waals surface area contributed by atoms with E-state index in [0.717, 1.165) is 17.7 Å². The van der Waals surface area contributed by atoms with E-state index in [1.165, 1.54) is 11.9 Å². The molecule has 0 aliphatic heterocycles. The summed E-state index contributed by atoms with van der Waals surface area (Å²) in [5, 5.41) is 6.70. The second-order valence-corrected chi connectivity index (χ2v) is 6.11. The van der Waals surface area contributed by atoms with Crippen LogP contribution in [0.1, 0.15) is 28.5 Å². The van der Waals surface area contributed by atoms with Crippen LogP contribution in [0.2, 0.25) is 5.02 Å². The van der Waals surface area contributed by atoms with E-state index in [-0.39, 0.29) is 5.91 Å². The van der Waals surface area contributed by atoms with Crippen molar-refractivity contribution in [3.8, 4) is 0 Å². The molecule has 0 atom stereocenters. The summed E-state index contributed by atoms with van der Waals surface area (Å²) < 4.78 is 0. The van der Waals surface area contributed by atoms with Crippen LogP contribution < -0.4 is 10.6 Å². The molecule has 0 saturated heterocycles. The molecule has 0 bridgehead atoms. The van der Waals surface area contributed by atoms with Gasteiger partial charge in [0, 0.05) is 23.3 Å². The van der Waals surface area contributed by atoms with Gasteiger partial charge in [0.1, 0.15) is 17.8 Å². The smallest absolute Gasteiger partial charge is 0.270 e. The monoisotopic (exact) mass is 366 g/mol. The first-order valence-corrected chi connectivity index (χ1v) is 8.73. The zero-order valence-corrected chi connectivity index (χ0v) is 15.1. The van der Waals surface area contributed by atoms with Gasteiger partial charge in [0.15, 0.2) is 0 Å². The van der Waals surface area contributed by atoms with Crippen LogP contribution in [0.3, 0.4) is 0 Å². The van der Waals surface area contributed by atoms with Crippen molar-refractivity contribution >= 4 is 29.0 Å². The summed E-state index contributed by atoms with van der Waals surface area (Å²) in [6.07, 6.45) is 2.28. The van der Waals surface area contributed by atoms with Gasteiger partial charge in [-0.25, -0.2) is 9.97 Å². The number of anilines is 2. The molecule has 0 aliphatic rings. The number of benzene rings is 2. The standard InChI is InChI=1S/C20H19ClN4O/c1-2-14-7-4-6-10-17(14)25-19-11-18(23-13-24-19)20(26)22-12-15-8-3-5-9-16(15)21/h3-11,13H,2,12H2,1H3,(H,22,26)(H,23,24,25). The molecule has 1 heterocycles. The Morgan fingerprint density at radius 1 is 1.04 bits per heavy atom. The van der Waals surface area contributed by atoms with Gasteiger partial charge in [0.2, 0.25) is 0 Å². The highest BCUT2D eigenvalue weighted by Crippen LogP contribution is 2.20. The maximum Gasteiger partial charge on any atom is 0.270 e. The average molecular weight is 367 g/mol. The molecule has 6 heteroatoms. The number of amides is 1. The summed E-state index contributed by atoms with van der Waals surface area (Å²) >= 11 is 6.11. The van der Waals surface area contributed by atoms with Crippen LogP contribution in [0.5, 0.6) is 0 Å². The summed E-state index contributed by atoms with van der Waals surface area (Å²) in [5.74, 6) is 0.294. The van der Waals surface area contributed by atoms with Crippen LogP contribution in [-0.2, 0) is 13.0 Å². The number of carbonyl (C=O) groups excluding carboxylic acids is 1. The van der Waals surface area contributed by atoms with Crippen molar-refractivity contribution in [2.24, 2.45) is 0 Å². The molecule has 1 aromatic heterocycles. The van der Waals surface area contributed by atoms with Gasteiger partial charge in [0.25, 0.3) is 5.91 Å². The number of rotatable bonds is 6. The molecule has 0 radical (unpaired) electrons. The minimum atomic E-state index is -0.279. The number of aryl methyl sites for hydroxylation is 1. The summed E-state index contributed by atoms with van der Waals surface area (Å²) in [7, 11) is 0. The molecule has 5 nitrogen and oxygen atoms in total. The molecule has 132 valence electrons. The highest BCUT2D eigenvalue weighted by Gasteiger charge is 2.10. The highest BCUT2D eigenvalue weighted by molar-refractivity contribution is 6.31. The van der Waals surface area contributed by atoms with Crippen LogP contribution in [0.25, 0.3) is 0 Å². The zero-order valence-electron chi connectivity index (χ0n) is 14.4. The van der Waals surface area contributed by atoms with E-state index >= 15 is 0 Å². The van der Waals surface area contributed by atoms with Crippen molar-refractivity contribution in [2.45, 2.75) is 19.9 Å². The molecule has 0 spiro atoms. The van der Waals surface area contributed by atoms with Crippen molar-refractivity contribution in [3.05, 3.63) is 82.8 Å². The number of carbonyl (C=O) groups is 1. The van der Waals surface area contributed by atoms with E-state index in [2.05, 4.69) is 33.6 Å². The van der Waals surface area contributed by atoms with Crippen LogP contribution in [-0.4, -0.2) is 15.9 Å². The Bertz CT molecular complexity index is 914. The Labute approximate surface area is 157 Å². The van der Waals surface area contributed by atoms with Gasteiger partial charge in [-0.1, -0.05) is 54.9 Å². The molecular weight excluding hydrogens is 348 g/mol. The molecule has 3 rings (SSSR count). The number of para-hydroxylation sites is 1. The van der Waals surface area contributed by atoms with E-state index < -0.39 is 0 Å². The van der Waals surface area contributed by atoms with Crippen LogP contribution in [0.15, 0.2) is 60.9 Å². The van der Waals surface area contributed by atoms with Crippen LogP contribution >= 0.6 is 11.6 Å². The number of halogens is 1. The predicted octanol–water partition coefficient (Wildman–Crippen LogP) is 4.37. The molecule has 2 N–H and O–H groups in total. The van der Waals surface area contributed by atoms with Crippen molar-refractivity contribution in [2.75, 3.05) is 5.32 Å². The molecule has 0 saturated carbocycles. The van der Waals surface area contributed by atoms with Gasteiger partial charge in [0.05, 0.1) is 0 Å². The SMILES string of the molecule is CCc1ccccc1Nc1cc(C(=O)NCc2ccccc2Cl)ncn1. The zero-order chi connectivity index (χ0) is 18.4. The van der Waals surface area contributed by atoms with Gasteiger partial charge < -0.3 is 10.6 Å². The van der Waals surface area contributed by atoms with E-state index in [9.17, 15) is 4.79 Å². The second kappa shape index (κ2) is 8.45. The lowest BCUT2D eigenvalue weighted by Crippen LogP contribution is -2.24. The van der Waals surface area contributed by atoms with Crippen molar-refractivity contribution in [1.29, 1.82) is 0 Å². The van der Waals surface area contributed by atoms with Gasteiger partial charge in [-0.2, -0.15) is 0 Å². The Morgan fingerprint density at radius 3 is 2.54 bits per heavy atom. The fraction of sp³-hybridized carbons (Fsp3) is 0.150. The summed E-state index contributed by atoms with van der Waals surface area (Å²) in [4.78, 5) is 20.6. The minimum absolute atomic E-state index is 0.279. The Kier molecular flexibility index (Phi) is 5.81. The highest BCUT2D eigenvalue weighted by atomic mass is 35.5. The fourth-order valence-corrected chi connectivity index (χ4v) is 2.75. The van der Waals surface area contributed by atoms with E-state index in [0.29, 0.717) is 23.1 Å². The molecule has 0 fully saturated rings. The molecule has 3 aromatic rings. The van der Waals surface area contributed by atoms with Crippen molar-refractivity contribution < 1.29 is 4.79 Å². The number of nitrogens with zero attached hydrogens (tertiary/aromatic N) is 2. The summed E-state index contributed by atoms with van der Waals surface area (Å²) in [6, 6.07) is 17.0. The topological polar surface area (TPSA) is 66.9 Å². The fourth-order valence-electron chi connectivity index (χ4n) is 2.55. The normalized spacial score (nSPS) is 10.4. The number of nitrogens with one attached hydrogen (secondary N) is 2. The Morgan fingerprint density at radius 2 is 1.77 bits per heavy atom. The first-order chi connectivity index (χ1) is 12.7. The van der Waals surface area contributed by atoms with Gasteiger partial charge in [-0.15, -0.1) is 0 Å². The van der Waals surface area contributed by atoms with Gasteiger partial charge >= 0.3 is 0 Å². The lowest BCUT2D eigenvalue weighted by Gasteiger charge is -2.11. The van der Waals surface area contributed by atoms with Gasteiger partial charge in [-0.05, 0) is 29.7 Å². The molecule has 26 heavy (non-hydrogen) atoms. The lowest BCUT2D eigenvalue weighted by molar-refractivity contribution is 0.0946. The Balaban J connectivity index is 1.70.